The number of fused-ring (bicyclic) bond motifs is 3. The summed E-state index contributed by atoms with van der Waals surface area (Å²) >= 11 is 6.28. The van der Waals surface area contributed by atoms with Gasteiger partial charge in [-0.2, -0.15) is 10.2 Å². The van der Waals surface area contributed by atoms with Crippen LogP contribution in [-0.4, -0.2) is 60.3 Å². The Balaban J connectivity index is 1.44. The first-order valence-electron chi connectivity index (χ1n) is 13.9. The quantitative estimate of drug-likeness (QED) is 0.280. The van der Waals surface area contributed by atoms with E-state index in [1.54, 1.807) is 33.5 Å². The molecule has 12 heteroatoms. The molecule has 1 aromatic carbocycles. The second-order valence-corrected chi connectivity index (χ2v) is 11.3. The molecule has 1 fully saturated rings. The molecule has 5 aromatic rings. The van der Waals surface area contributed by atoms with Crippen molar-refractivity contribution in [3.8, 4) is 11.3 Å². The average molecular weight is 589 g/mol. The van der Waals surface area contributed by atoms with Crippen molar-refractivity contribution < 1.29 is 9.53 Å². The highest BCUT2D eigenvalue weighted by Gasteiger charge is 2.28. The zero-order valence-electron chi connectivity index (χ0n) is 24.3. The zero-order chi connectivity index (χ0) is 29.7. The number of likely N-dealkylation sites (tertiary alicyclic amines) is 1. The minimum absolute atomic E-state index is 0.0538. The van der Waals surface area contributed by atoms with Crippen LogP contribution in [0.1, 0.15) is 43.0 Å². The summed E-state index contributed by atoms with van der Waals surface area (Å²) in [6.07, 6.45) is 6.64. The Morgan fingerprint density at radius 2 is 1.88 bits per heavy atom. The van der Waals surface area contributed by atoms with Gasteiger partial charge in [0.2, 0.25) is 0 Å². The Morgan fingerprint density at radius 3 is 2.57 bits per heavy atom. The average Bonchev–Trinajstić information content (AvgIpc) is 3.63. The summed E-state index contributed by atoms with van der Waals surface area (Å²) in [5.74, 6) is 0. The van der Waals surface area contributed by atoms with Gasteiger partial charge in [0.05, 0.1) is 36.9 Å². The van der Waals surface area contributed by atoms with Crippen LogP contribution in [0.5, 0.6) is 0 Å². The molecule has 5 heterocycles. The van der Waals surface area contributed by atoms with Gasteiger partial charge in [-0.15, -0.1) is 0 Å². The van der Waals surface area contributed by atoms with Crippen LogP contribution >= 0.6 is 11.6 Å². The fraction of sp³-hybridized carbons (Fsp3) is 0.367. The minimum atomic E-state index is -0.318. The third kappa shape index (κ3) is 4.77. The maximum Gasteiger partial charge on any atom is 0.409 e. The number of hydrogen-bond donors (Lipinski definition) is 1. The van der Waals surface area contributed by atoms with Crippen molar-refractivity contribution in [3.63, 3.8) is 0 Å². The number of anilines is 1. The van der Waals surface area contributed by atoms with E-state index in [1.807, 2.05) is 43.2 Å². The summed E-state index contributed by atoms with van der Waals surface area (Å²) in [6.45, 7) is 5.22. The lowest BCUT2D eigenvalue weighted by Crippen LogP contribution is -2.39. The van der Waals surface area contributed by atoms with E-state index in [-0.39, 0.29) is 23.7 Å². The lowest BCUT2D eigenvalue weighted by Gasteiger charge is -2.31. The van der Waals surface area contributed by atoms with Crippen LogP contribution < -0.4 is 10.9 Å². The second kappa shape index (κ2) is 10.8. The Kier molecular flexibility index (Phi) is 7.14. The third-order valence-electron chi connectivity index (χ3n) is 8.13. The van der Waals surface area contributed by atoms with Crippen molar-refractivity contribution in [3.05, 3.63) is 69.5 Å². The van der Waals surface area contributed by atoms with E-state index in [0.29, 0.717) is 29.3 Å². The highest BCUT2D eigenvalue weighted by atomic mass is 35.5. The maximum absolute atomic E-state index is 13.8. The molecule has 42 heavy (non-hydrogen) atoms. The summed E-state index contributed by atoms with van der Waals surface area (Å²) < 4.78 is 10.3. The van der Waals surface area contributed by atoms with Gasteiger partial charge in [-0.05, 0) is 56.0 Å². The normalized spacial score (nSPS) is 15.0. The first-order valence-corrected chi connectivity index (χ1v) is 14.3. The number of carbonyl (C=O) groups excluding carboxylic acids is 1. The topological polar surface area (TPSA) is 112 Å². The molecule has 1 amide bonds. The number of benzene rings is 1. The van der Waals surface area contributed by atoms with Crippen LogP contribution in [0.2, 0.25) is 5.15 Å². The van der Waals surface area contributed by atoms with Crippen molar-refractivity contribution in [1.29, 1.82) is 0 Å². The number of methoxy groups -OCH3 is 1. The summed E-state index contributed by atoms with van der Waals surface area (Å²) in [7, 11) is 5.06. The van der Waals surface area contributed by atoms with E-state index in [4.69, 9.17) is 21.4 Å². The van der Waals surface area contributed by atoms with Gasteiger partial charge >= 0.3 is 6.09 Å². The van der Waals surface area contributed by atoms with Crippen LogP contribution in [0.4, 0.5) is 10.5 Å². The molecule has 4 aromatic heterocycles. The zero-order valence-corrected chi connectivity index (χ0v) is 25.0. The Bertz CT molecular complexity index is 1880. The third-order valence-corrected chi connectivity index (χ3v) is 8.34. The largest absolute Gasteiger partial charge is 0.453 e. The molecule has 0 radical (unpaired) electrons. The van der Waals surface area contributed by atoms with Crippen molar-refractivity contribution in [2.45, 2.75) is 38.8 Å². The fourth-order valence-electron chi connectivity index (χ4n) is 6.08. The molecular formula is C30H33ClN8O3. The molecule has 1 aliphatic rings. The number of carbonyl (C=O) groups is 1. The highest BCUT2D eigenvalue weighted by Crippen LogP contribution is 2.36. The van der Waals surface area contributed by atoms with Gasteiger partial charge in [0.25, 0.3) is 5.56 Å². The lowest BCUT2D eigenvalue weighted by atomic mass is 9.95. The van der Waals surface area contributed by atoms with Crippen molar-refractivity contribution in [1.82, 2.24) is 34.0 Å². The van der Waals surface area contributed by atoms with E-state index < -0.39 is 0 Å². The predicted molar refractivity (Wildman–Crippen MR) is 163 cm³/mol. The molecule has 0 aliphatic carbocycles. The molecule has 218 valence electrons. The number of aryl methyl sites for hydroxylation is 3. The summed E-state index contributed by atoms with van der Waals surface area (Å²) in [5.41, 5.74) is 5.03. The van der Waals surface area contributed by atoms with E-state index in [1.165, 1.54) is 7.11 Å². The van der Waals surface area contributed by atoms with E-state index in [0.717, 1.165) is 51.6 Å². The Morgan fingerprint density at radius 1 is 1.12 bits per heavy atom. The Hall–Kier alpha value is -4.38. The van der Waals surface area contributed by atoms with Gasteiger partial charge in [-0.1, -0.05) is 17.7 Å². The number of nitrogens with one attached hydrogen (secondary N) is 1. The molecule has 1 atom stereocenters. The molecule has 0 spiro atoms. The molecule has 1 saturated heterocycles. The number of halogens is 1. The van der Waals surface area contributed by atoms with E-state index >= 15 is 0 Å². The van der Waals surface area contributed by atoms with Gasteiger partial charge in [0.1, 0.15) is 10.8 Å². The number of piperidine rings is 1. The molecule has 1 unspecified atom stereocenters. The summed E-state index contributed by atoms with van der Waals surface area (Å²) in [4.78, 5) is 32.1. The minimum Gasteiger partial charge on any atom is -0.453 e. The number of amides is 1. The monoisotopic (exact) mass is 588 g/mol. The van der Waals surface area contributed by atoms with E-state index in [2.05, 4.69) is 28.4 Å². The number of nitrogens with zero attached hydrogens (tertiary/aromatic N) is 7. The van der Waals surface area contributed by atoms with Crippen LogP contribution in [0.25, 0.3) is 33.1 Å². The lowest BCUT2D eigenvalue weighted by molar-refractivity contribution is 0.106. The van der Waals surface area contributed by atoms with Gasteiger partial charge < -0.3 is 15.0 Å². The van der Waals surface area contributed by atoms with Crippen molar-refractivity contribution >= 4 is 45.2 Å². The molecular weight excluding hydrogens is 556 g/mol. The van der Waals surface area contributed by atoms with Gasteiger partial charge in [-0.25, -0.2) is 14.5 Å². The maximum atomic E-state index is 13.8. The predicted octanol–water partition coefficient (Wildman–Crippen LogP) is 5.22. The first kappa shape index (κ1) is 27.8. The molecule has 0 bridgehead atoms. The fourth-order valence-corrected chi connectivity index (χ4v) is 6.23. The van der Waals surface area contributed by atoms with Gasteiger partial charge in [-0.3, -0.25) is 14.0 Å². The number of hydrogen-bond acceptors (Lipinski definition) is 7. The highest BCUT2D eigenvalue weighted by molar-refractivity contribution is 6.29. The molecule has 1 aliphatic heterocycles. The molecule has 11 nitrogen and oxygen atoms in total. The van der Waals surface area contributed by atoms with Crippen LogP contribution in [0.15, 0.2) is 47.7 Å². The van der Waals surface area contributed by atoms with Crippen LogP contribution in [0.3, 0.4) is 0 Å². The molecule has 1 N–H and O–H groups in total. The van der Waals surface area contributed by atoms with Crippen molar-refractivity contribution in [2.24, 2.45) is 14.1 Å². The van der Waals surface area contributed by atoms with Crippen LogP contribution in [-0.2, 0) is 18.8 Å². The Labute approximate surface area is 247 Å². The van der Waals surface area contributed by atoms with E-state index in [9.17, 15) is 9.59 Å². The van der Waals surface area contributed by atoms with Crippen molar-refractivity contribution in [2.75, 3.05) is 25.5 Å². The molecule has 6 rings (SSSR count). The number of pyridine rings is 2. The van der Waals surface area contributed by atoms with Crippen LogP contribution in [0, 0.1) is 6.92 Å². The number of aromatic nitrogens is 6. The summed E-state index contributed by atoms with van der Waals surface area (Å²) in [5, 5.41) is 15.6. The standard InChI is InChI=1S/C30H33ClN8O3/c1-17-12-21(18(2)34-24-6-7-25(31)35-27(24)19-14-32-36(3)16-19)26-22(13-17)29(40)37(4)28-23(26)15-33-39(28)20-8-10-38(11-9-20)30(41)42-5/h6-7,12-16,18,20,34H,8-11H2,1-5H3. The number of ether oxygens (including phenoxy) is 1. The smallest absolute Gasteiger partial charge is 0.409 e. The second-order valence-electron chi connectivity index (χ2n) is 11.0. The molecule has 0 saturated carbocycles. The summed E-state index contributed by atoms with van der Waals surface area (Å²) in [6, 6.07) is 7.61. The SMILES string of the molecule is COC(=O)N1CCC(n2ncc3c4c(C(C)Nc5ccc(Cl)nc5-c5cnn(C)c5)cc(C)cc4c(=O)n(C)c32)CC1. The first-order chi connectivity index (χ1) is 20.2. The number of rotatable bonds is 5. The van der Waals surface area contributed by atoms with Gasteiger partial charge in [0, 0.05) is 61.1 Å². The van der Waals surface area contributed by atoms with Gasteiger partial charge in [0.15, 0.2) is 0 Å².